The Kier molecular flexibility index (Phi) is 3.65. The topological polar surface area (TPSA) is 74.7 Å². The lowest BCUT2D eigenvalue weighted by Gasteiger charge is -2.41. The average molecular weight is 267 g/mol. The van der Waals surface area contributed by atoms with Gasteiger partial charge in [0.2, 0.25) is 11.8 Å². The zero-order valence-corrected chi connectivity index (χ0v) is 11.5. The molecule has 1 aliphatic heterocycles. The zero-order chi connectivity index (χ0) is 14.2. The van der Waals surface area contributed by atoms with Crippen LogP contribution in [0, 0.1) is 11.3 Å². The smallest absolute Gasteiger partial charge is 0.306 e. The Bertz CT molecular complexity index is 396. The van der Waals surface area contributed by atoms with Crippen LogP contribution in [-0.4, -0.2) is 33.8 Å². The van der Waals surface area contributed by atoms with Crippen molar-refractivity contribution in [1.82, 2.24) is 4.90 Å². The lowest BCUT2D eigenvalue weighted by Crippen LogP contribution is -2.52. The van der Waals surface area contributed by atoms with E-state index in [1.807, 2.05) is 13.8 Å². The highest BCUT2D eigenvalue weighted by molar-refractivity contribution is 5.98. The Morgan fingerprint density at radius 2 is 1.79 bits per heavy atom. The molecule has 0 aromatic heterocycles. The van der Waals surface area contributed by atoms with Gasteiger partial charge in [0.1, 0.15) is 0 Å². The molecule has 1 saturated heterocycles. The largest absolute Gasteiger partial charge is 0.481 e. The minimum absolute atomic E-state index is 0.141. The van der Waals surface area contributed by atoms with Crippen molar-refractivity contribution in [3.63, 3.8) is 0 Å². The fourth-order valence-electron chi connectivity index (χ4n) is 3.22. The van der Waals surface area contributed by atoms with Gasteiger partial charge < -0.3 is 5.11 Å². The van der Waals surface area contributed by atoms with Crippen molar-refractivity contribution in [2.75, 3.05) is 0 Å². The molecule has 5 nitrogen and oxygen atoms in total. The summed E-state index contributed by atoms with van der Waals surface area (Å²) in [6.07, 6.45) is 3.30. The molecular formula is C14H21NO4. The van der Waals surface area contributed by atoms with Crippen LogP contribution in [0.25, 0.3) is 0 Å². The number of piperidine rings is 1. The van der Waals surface area contributed by atoms with Gasteiger partial charge in [-0.05, 0) is 24.7 Å². The third kappa shape index (κ3) is 2.96. The van der Waals surface area contributed by atoms with Gasteiger partial charge in [-0.25, -0.2) is 0 Å². The second-order valence-corrected chi connectivity index (χ2v) is 6.53. The van der Waals surface area contributed by atoms with Crippen molar-refractivity contribution in [2.45, 2.75) is 58.4 Å². The highest BCUT2D eigenvalue weighted by Gasteiger charge is 2.42. The molecule has 19 heavy (non-hydrogen) atoms. The van der Waals surface area contributed by atoms with E-state index in [0.717, 1.165) is 12.8 Å². The second-order valence-electron chi connectivity index (χ2n) is 6.53. The molecule has 106 valence electrons. The average Bonchev–Trinajstić information content (AvgIpc) is 2.26. The van der Waals surface area contributed by atoms with Crippen molar-refractivity contribution in [1.29, 1.82) is 0 Å². The Hall–Kier alpha value is -1.39. The van der Waals surface area contributed by atoms with Crippen LogP contribution < -0.4 is 0 Å². The second kappa shape index (κ2) is 4.94. The van der Waals surface area contributed by atoms with Crippen LogP contribution in [0.4, 0.5) is 0 Å². The SMILES string of the molecule is CC1(C)CC(=O)N(C2CCCC(C(=O)O)C2)C(=O)C1. The molecule has 2 atom stereocenters. The number of carboxylic acid groups (broad SMARTS) is 1. The molecule has 1 aliphatic carbocycles. The minimum Gasteiger partial charge on any atom is -0.481 e. The zero-order valence-electron chi connectivity index (χ0n) is 11.5. The van der Waals surface area contributed by atoms with Gasteiger partial charge >= 0.3 is 5.97 Å². The number of amides is 2. The first-order valence-electron chi connectivity index (χ1n) is 6.88. The van der Waals surface area contributed by atoms with Crippen LogP contribution >= 0.6 is 0 Å². The molecule has 2 fully saturated rings. The monoisotopic (exact) mass is 267 g/mol. The summed E-state index contributed by atoms with van der Waals surface area (Å²) in [5, 5.41) is 9.08. The van der Waals surface area contributed by atoms with E-state index < -0.39 is 11.9 Å². The van der Waals surface area contributed by atoms with Gasteiger partial charge in [-0.2, -0.15) is 0 Å². The first-order valence-corrected chi connectivity index (χ1v) is 6.88. The van der Waals surface area contributed by atoms with E-state index in [2.05, 4.69) is 0 Å². The Balaban J connectivity index is 2.11. The number of imide groups is 1. The maximum absolute atomic E-state index is 12.2. The molecule has 1 N–H and O–H groups in total. The van der Waals surface area contributed by atoms with E-state index >= 15 is 0 Å². The molecule has 2 amide bonds. The highest BCUT2D eigenvalue weighted by Crippen LogP contribution is 2.36. The van der Waals surface area contributed by atoms with E-state index in [1.54, 1.807) is 0 Å². The Labute approximate surface area is 113 Å². The summed E-state index contributed by atoms with van der Waals surface area (Å²) in [5.74, 6) is -1.52. The van der Waals surface area contributed by atoms with E-state index in [1.165, 1.54) is 4.90 Å². The van der Waals surface area contributed by atoms with Crippen LogP contribution in [0.15, 0.2) is 0 Å². The quantitative estimate of drug-likeness (QED) is 0.774. The van der Waals surface area contributed by atoms with Crippen LogP contribution in [0.1, 0.15) is 52.4 Å². The number of hydrogen-bond acceptors (Lipinski definition) is 3. The summed E-state index contributed by atoms with van der Waals surface area (Å²) in [6.45, 7) is 3.84. The van der Waals surface area contributed by atoms with E-state index in [-0.39, 0.29) is 23.3 Å². The molecule has 1 heterocycles. The van der Waals surface area contributed by atoms with Gasteiger partial charge in [0.15, 0.2) is 0 Å². The van der Waals surface area contributed by atoms with Gasteiger partial charge in [-0.3, -0.25) is 19.3 Å². The molecular weight excluding hydrogens is 246 g/mol. The Morgan fingerprint density at radius 1 is 1.21 bits per heavy atom. The number of carboxylic acids is 1. The standard InChI is InChI=1S/C14H21NO4/c1-14(2)7-11(16)15(12(17)8-14)10-5-3-4-9(6-10)13(18)19/h9-10H,3-8H2,1-2H3,(H,18,19). The maximum atomic E-state index is 12.2. The molecule has 0 bridgehead atoms. The lowest BCUT2D eigenvalue weighted by atomic mass is 9.79. The van der Waals surface area contributed by atoms with Crippen LogP contribution in [0.2, 0.25) is 0 Å². The first kappa shape index (κ1) is 14.0. The predicted molar refractivity (Wildman–Crippen MR) is 68.2 cm³/mol. The highest BCUT2D eigenvalue weighted by atomic mass is 16.4. The normalized spacial score (nSPS) is 31.4. The molecule has 0 aromatic carbocycles. The summed E-state index contributed by atoms with van der Waals surface area (Å²) >= 11 is 0. The van der Waals surface area contributed by atoms with E-state index in [4.69, 9.17) is 5.11 Å². The molecule has 2 unspecified atom stereocenters. The van der Waals surface area contributed by atoms with E-state index in [0.29, 0.717) is 25.7 Å². The molecule has 2 aliphatic rings. The fraction of sp³-hybridized carbons (Fsp3) is 0.786. The number of nitrogens with zero attached hydrogens (tertiary/aromatic N) is 1. The summed E-state index contributed by atoms with van der Waals surface area (Å²) in [4.78, 5) is 36.7. The van der Waals surface area contributed by atoms with Gasteiger partial charge in [0.05, 0.1) is 5.92 Å². The molecule has 2 rings (SSSR count). The molecule has 0 aromatic rings. The molecule has 0 radical (unpaired) electrons. The number of aliphatic carboxylic acids is 1. The van der Waals surface area contributed by atoms with Crippen molar-refractivity contribution >= 4 is 17.8 Å². The van der Waals surface area contributed by atoms with Crippen molar-refractivity contribution in [3.05, 3.63) is 0 Å². The Morgan fingerprint density at radius 3 is 2.32 bits per heavy atom. The van der Waals surface area contributed by atoms with Crippen molar-refractivity contribution in [2.24, 2.45) is 11.3 Å². The van der Waals surface area contributed by atoms with Gasteiger partial charge in [0, 0.05) is 18.9 Å². The summed E-state index contributed by atoms with van der Waals surface area (Å²) < 4.78 is 0. The third-order valence-electron chi connectivity index (χ3n) is 4.16. The van der Waals surface area contributed by atoms with Gasteiger partial charge in [0.25, 0.3) is 0 Å². The summed E-state index contributed by atoms with van der Waals surface area (Å²) in [7, 11) is 0. The molecule has 5 heteroatoms. The fourth-order valence-corrected chi connectivity index (χ4v) is 3.22. The van der Waals surface area contributed by atoms with Gasteiger partial charge in [-0.1, -0.05) is 20.3 Å². The first-order chi connectivity index (χ1) is 8.80. The van der Waals surface area contributed by atoms with Crippen LogP contribution in [-0.2, 0) is 14.4 Å². The number of carbonyl (C=O) groups excluding carboxylic acids is 2. The molecule has 0 spiro atoms. The number of likely N-dealkylation sites (tertiary alicyclic amines) is 1. The lowest BCUT2D eigenvalue weighted by molar-refractivity contribution is -0.158. The van der Waals surface area contributed by atoms with Crippen LogP contribution in [0.5, 0.6) is 0 Å². The van der Waals surface area contributed by atoms with E-state index in [9.17, 15) is 14.4 Å². The third-order valence-corrected chi connectivity index (χ3v) is 4.16. The number of rotatable bonds is 2. The summed E-state index contributed by atoms with van der Waals surface area (Å²) in [5.41, 5.74) is -0.272. The summed E-state index contributed by atoms with van der Waals surface area (Å²) in [6, 6.07) is -0.217. The van der Waals surface area contributed by atoms with Crippen molar-refractivity contribution in [3.8, 4) is 0 Å². The maximum Gasteiger partial charge on any atom is 0.306 e. The van der Waals surface area contributed by atoms with Crippen molar-refractivity contribution < 1.29 is 19.5 Å². The number of carbonyl (C=O) groups is 3. The molecule has 1 saturated carbocycles. The minimum atomic E-state index is -0.818. The van der Waals surface area contributed by atoms with Crippen LogP contribution in [0.3, 0.4) is 0 Å². The van der Waals surface area contributed by atoms with Gasteiger partial charge in [-0.15, -0.1) is 0 Å². The number of hydrogen-bond donors (Lipinski definition) is 1. The predicted octanol–water partition coefficient (Wildman–Crippen LogP) is 1.81.